The minimum Gasteiger partial charge on any atom is -0.326 e. The van der Waals surface area contributed by atoms with Crippen LogP contribution in [0.2, 0.25) is 0 Å². The van der Waals surface area contributed by atoms with Crippen molar-refractivity contribution in [3.8, 4) is 11.1 Å². The smallest absolute Gasteiger partial charge is 0.326 e. The van der Waals surface area contributed by atoms with Gasteiger partial charge in [-0.2, -0.15) is 39.5 Å². The van der Waals surface area contributed by atoms with Crippen LogP contribution in [0.4, 0.5) is 49.6 Å². The Labute approximate surface area is 202 Å². The van der Waals surface area contributed by atoms with Crippen LogP contribution in [0.3, 0.4) is 0 Å². The number of anilines is 1. The number of nitrogens with zero attached hydrogens (tertiary/aromatic N) is 3. The topological polar surface area (TPSA) is 28.5 Å². The Bertz CT molecular complexity index is 1350. The Balaban J connectivity index is 1.77. The third kappa shape index (κ3) is 5.59. The maximum absolute atomic E-state index is 13.6. The van der Waals surface area contributed by atoms with Gasteiger partial charge in [-0.3, -0.25) is 4.98 Å². The van der Waals surface area contributed by atoms with Gasteiger partial charge in [0, 0.05) is 18.0 Å². The lowest BCUT2D eigenvalue weighted by Gasteiger charge is -2.27. The molecule has 0 bridgehead atoms. The van der Waals surface area contributed by atoms with Crippen molar-refractivity contribution >= 4 is 17.6 Å². The summed E-state index contributed by atoms with van der Waals surface area (Å²) in [5.41, 5.74) is -5.28. The van der Waals surface area contributed by atoms with Gasteiger partial charge < -0.3 is 4.90 Å². The lowest BCUT2D eigenvalue weighted by Crippen LogP contribution is -2.27. The monoisotopic (exact) mass is 533 g/mol. The molecule has 4 rings (SSSR count). The number of halogens is 10. The highest BCUT2D eigenvalue weighted by atomic mass is 19.4. The van der Waals surface area contributed by atoms with Crippen LogP contribution in [0.25, 0.3) is 16.7 Å². The van der Waals surface area contributed by atoms with Crippen molar-refractivity contribution in [1.29, 1.82) is 0 Å². The largest absolute Gasteiger partial charge is 0.417 e. The third-order valence-corrected chi connectivity index (χ3v) is 5.42. The molecule has 13 heteroatoms. The first-order chi connectivity index (χ1) is 17.1. The zero-order chi connectivity index (χ0) is 27.2. The van der Waals surface area contributed by atoms with Crippen LogP contribution < -0.4 is 4.90 Å². The van der Waals surface area contributed by atoms with Crippen molar-refractivity contribution in [2.75, 3.05) is 11.4 Å². The molecule has 0 saturated carbocycles. The number of hydrogen-bond donors (Lipinski definition) is 0. The van der Waals surface area contributed by atoms with Gasteiger partial charge in [0.15, 0.2) is 0 Å². The van der Waals surface area contributed by atoms with E-state index in [1.54, 1.807) is 0 Å². The number of alkyl halides is 9. The number of aliphatic imine (C=N–C) groups is 1. The minimum atomic E-state index is -5.07. The molecule has 0 radical (unpaired) electrons. The van der Waals surface area contributed by atoms with Gasteiger partial charge in [-0.15, -0.1) is 0 Å². The van der Waals surface area contributed by atoms with Crippen LogP contribution in [-0.2, 0) is 18.5 Å². The second-order valence-corrected chi connectivity index (χ2v) is 7.92. The summed E-state index contributed by atoms with van der Waals surface area (Å²) in [6.07, 6.45) is -10.5. The number of rotatable bonds is 3. The van der Waals surface area contributed by atoms with Gasteiger partial charge in [-0.05, 0) is 53.1 Å². The second kappa shape index (κ2) is 9.20. The first-order valence-electron chi connectivity index (χ1n) is 10.2. The molecule has 0 spiro atoms. The first-order valence-corrected chi connectivity index (χ1v) is 10.2. The van der Waals surface area contributed by atoms with E-state index in [9.17, 15) is 43.9 Å². The number of hydrogen-bond acceptors (Lipinski definition) is 3. The molecule has 0 saturated heterocycles. The van der Waals surface area contributed by atoms with E-state index in [-0.39, 0.29) is 29.4 Å². The van der Waals surface area contributed by atoms with Crippen LogP contribution in [0.5, 0.6) is 0 Å². The van der Waals surface area contributed by atoms with E-state index in [2.05, 4.69) is 9.98 Å². The van der Waals surface area contributed by atoms with Gasteiger partial charge in [-0.1, -0.05) is 6.07 Å². The fraction of sp³-hybridized carbons (Fsp3) is 0.167. The molecule has 0 aliphatic carbocycles. The lowest BCUT2D eigenvalue weighted by atomic mass is 9.96. The fourth-order valence-corrected chi connectivity index (χ4v) is 3.75. The van der Waals surface area contributed by atoms with E-state index < -0.39 is 52.2 Å². The van der Waals surface area contributed by atoms with Crippen LogP contribution >= 0.6 is 0 Å². The number of pyridine rings is 1. The molecule has 2 aromatic carbocycles. The Morgan fingerprint density at radius 1 is 0.730 bits per heavy atom. The number of benzene rings is 2. The fourth-order valence-electron chi connectivity index (χ4n) is 3.75. The standard InChI is InChI=1S/C24H13F10N3/c25-17-1-2-18(20(8-17)24(32,33)34)19-3-4-35-10-21(19)37-11-14(9-36-12-37)13-5-15(22(26,27)28)7-16(6-13)23(29,30)31/h1-10,12H,11H2. The Morgan fingerprint density at radius 3 is 1.97 bits per heavy atom. The van der Waals surface area contributed by atoms with Crippen molar-refractivity contribution in [1.82, 2.24) is 4.98 Å². The average molecular weight is 533 g/mol. The van der Waals surface area contributed by atoms with E-state index in [1.165, 1.54) is 17.2 Å². The Kier molecular flexibility index (Phi) is 6.51. The van der Waals surface area contributed by atoms with E-state index in [1.807, 2.05) is 0 Å². The average Bonchev–Trinajstić information content (AvgIpc) is 2.82. The minimum absolute atomic E-state index is 0.0111. The van der Waals surface area contributed by atoms with Crippen molar-refractivity contribution in [3.63, 3.8) is 0 Å². The molecule has 3 nitrogen and oxygen atoms in total. The summed E-state index contributed by atoms with van der Waals surface area (Å²) in [6.45, 7) is -0.344. The van der Waals surface area contributed by atoms with Gasteiger partial charge in [0.2, 0.25) is 0 Å². The van der Waals surface area contributed by atoms with Gasteiger partial charge >= 0.3 is 18.5 Å². The predicted molar refractivity (Wildman–Crippen MR) is 115 cm³/mol. The van der Waals surface area contributed by atoms with Crippen molar-refractivity contribution in [2.45, 2.75) is 18.5 Å². The summed E-state index contributed by atoms with van der Waals surface area (Å²) in [5.74, 6) is -1.12. The Hall–Kier alpha value is -3.90. The molecule has 3 aromatic rings. The summed E-state index contributed by atoms with van der Waals surface area (Å²) >= 11 is 0. The molecular formula is C24H13F10N3. The van der Waals surface area contributed by atoms with Crippen molar-refractivity contribution < 1.29 is 43.9 Å². The molecule has 37 heavy (non-hydrogen) atoms. The SMILES string of the molecule is Fc1ccc(-c2ccncc2N2C=NC=C(c3cc(C(F)(F)F)cc(C(F)(F)F)c3)C2)c(C(F)(F)F)c1. The maximum atomic E-state index is 13.6. The molecule has 1 aliphatic rings. The highest BCUT2D eigenvalue weighted by Gasteiger charge is 2.38. The molecular weight excluding hydrogens is 520 g/mol. The lowest BCUT2D eigenvalue weighted by molar-refractivity contribution is -0.143. The Morgan fingerprint density at radius 2 is 1.38 bits per heavy atom. The molecule has 1 aromatic heterocycles. The van der Waals surface area contributed by atoms with E-state index >= 15 is 0 Å². The van der Waals surface area contributed by atoms with E-state index in [0.717, 1.165) is 30.9 Å². The van der Waals surface area contributed by atoms with E-state index in [0.29, 0.717) is 18.2 Å². The van der Waals surface area contributed by atoms with Crippen LogP contribution in [-0.4, -0.2) is 17.9 Å². The first kappa shape index (κ1) is 26.2. The molecule has 2 heterocycles. The van der Waals surface area contributed by atoms with Crippen LogP contribution in [0.15, 0.2) is 66.1 Å². The molecule has 0 amide bonds. The molecule has 0 atom stereocenters. The molecule has 194 valence electrons. The van der Waals surface area contributed by atoms with Gasteiger partial charge in [0.05, 0.1) is 41.5 Å². The molecule has 0 unspecified atom stereocenters. The second-order valence-electron chi connectivity index (χ2n) is 7.92. The van der Waals surface area contributed by atoms with Crippen molar-refractivity contribution in [3.05, 3.63) is 89.1 Å². The summed E-state index contributed by atoms with van der Waals surface area (Å²) in [6, 6.07) is 4.33. The highest BCUT2D eigenvalue weighted by molar-refractivity contribution is 5.93. The molecule has 0 N–H and O–H groups in total. The van der Waals surface area contributed by atoms with Crippen molar-refractivity contribution in [2.24, 2.45) is 4.99 Å². The highest BCUT2D eigenvalue weighted by Crippen LogP contribution is 2.42. The summed E-state index contributed by atoms with van der Waals surface area (Å²) in [4.78, 5) is 8.95. The van der Waals surface area contributed by atoms with Crippen LogP contribution in [0.1, 0.15) is 22.3 Å². The summed E-state index contributed by atoms with van der Waals surface area (Å²) in [7, 11) is 0. The normalized spacial score (nSPS) is 14.6. The zero-order valence-electron chi connectivity index (χ0n) is 18.2. The summed E-state index contributed by atoms with van der Waals surface area (Å²) < 4.78 is 134. The predicted octanol–water partition coefficient (Wildman–Crippen LogP) is 7.83. The maximum Gasteiger partial charge on any atom is 0.417 e. The van der Waals surface area contributed by atoms with Crippen LogP contribution in [0, 0.1) is 5.82 Å². The van der Waals surface area contributed by atoms with Gasteiger partial charge in [-0.25, -0.2) is 9.38 Å². The van der Waals surface area contributed by atoms with Gasteiger partial charge in [0.25, 0.3) is 0 Å². The van der Waals surface area contributed by atoms with E-state index in [4.69, 9.17) is 0 Å². The molecule has 1 aliphatic heterocycles. The van der Waals surface area contributed by atoms with Gasteiger partial charge in [0.1, 0.15) is 5.82 Å². The summed E-state index contributed by atoms with van der Waals surface area (Å²) in [5, 5.41) is 0. The zero-order valence-corrected chi connectivity index (χ0v) is 18.2. The quantitative estimate of drug-likeness (QED) is 0.321. The molecule has 0 fully saturated rings. The third-order valence-electron chi connectivity index (χ3n) is 5.42. The number of aromatic nitrogens is 1.